The van der Waals surface area contributed by atoms with Crippen LogP contribution in [-0.2, 0) is 9.53 Å². The van der Waals surface area contributed by atoms with Crippen LogP contribution in [0.3, 0.4) is 0 Å². The van der Waals surface area contributed by atoms with Crippen molar-refractivity contribution in [2.75, 3.05) is 12.4 Å². The largest absolute Gasteiger partial charge is 0.467 e. The minimum absolute atomic E-state index is 0.0324. The molecule has 1 unspecified atom stereocenters. The van der Waals surface area contributed by atoms with Gasteiger partial charge in [-0.1, -0.05) is 26.0 Å². The molecule has 0 aliphatic heterocycles. The minimum Gasteiger partial charge on any atom is -0.467 e. The van der Waals surface area contributed by atoms with E-state index in [4.69, 9.17) is 4.74 Å². The van der Waals surface area contributed by atoms with Crippen LogP contribution >= 0.6 is 0 Å². The summed E-state index contributed by atoms with van der Waals surface area (Å²) in [6, 6.07) is 6.43. The molecule has 20 heavy (non-hydrogen) atoms. The fourth-order valence-electron chi connectivity index (χ4n) is 3.21. The molecule has 0 aromatic heterocycles. The number of methoxy groups -OCH3 is 1. The normalized spacial score (nSPS) is 25.0. The number of carbonyl (C=O) groups is 1. The molecule has 1 atom stereocenters. The van der Waals surface area contributed by atoms with Crippen molar-refractivity contribution in [3.05, 3.63) is 30.1 Å². The van der Waals surface area contributed by atoms with Crippen molar-refractivity contribution < 1.29 is 13.9 Å². The second-order valence-electron chi connectivity index (χ2n) is 6.37. The first-order chi connectivity index (χ1) is 9.38. The molecule has 2 rings (SSSR count). The van der Waals surface area contributed by atoms with Gasteiger partial charge in [-0.05, 0) is 43.2 Å². The highest BCUT2D eigenvalue weighted by atomic mass is 19.1. The molecule has 1 fully saturated rings. The zero-order valence-corrected chi connectivity index (χ0v) is 12.3. The fraction of sp³-hybridized carbons (Fsp3) is 0.562. The number of anilines is 1. The zero-order chi connectivity index (χ0) is 14.8. The van der Waals surface area contributed by atoms with Gasteiger partial charge in [0, 0.05) is 0 Å². The summed E-state index contributed by atoms with van der Waals surface area (Å²) in [5.41, 5.74) is -0.445. The van der Waals surface area contributed by atoms with Gasteiger partial charge >= 0.3 is 5.97 Å². The Morgan fingerprint density at radius 1 is 1.30 bits per heavy atom. The van der Waals surface area contributed by atoms with Gasteiger partial charge in [0.05, 0.1) is 12.8 Å². The molecular weight excluding hydrogens is 257 g/mol. The van der Waals surface area contributed by atoms with E-state index in [0.717, 1.165) is 12.8 Å². The van der Waals surface area contributed by atoms with Crippen LogP contribution < -0.4 is 5.32 Å². The average Bonchev–Trinajstić information content (AvgIpc) is 2.39. The first-order valence-corrected chi connectivity index (χ1v) is 7.00. The average molecular weight is 279 g/mol. The Kier molecular flexibility index (Phi) is 4.02. The van der Waals surface area contributed by atoms with E-state index in [-0.39, 0.29) is 17.2 Å². The number of para-hydroxylation sites is 1. The zero-order valence-electron chi connectivity index (χ0n) is 12.3. The highest BCUT2D eigenvalue weighted by molar-refractivity contribution is 5.84. The van der Waals surface area contributed by atoms with Crippen LogP contribution in [0.15, 0.2) is 24.3 Å². The van der Waals surface area contributed by atoms with Gasteiger partial charge in [-0.2, -0.15) is 0 Å². The Morgan fingerprint density at radius 3 is 2.60 bits per heavy atom. The summed E-state index contributed by atoms with van der Waals surface area (Å²) >= 11 is 0. The highest BCUT2D eigenvalue weighted by Gasteiger charge is 2.46. The molecule has 110 valence electrons. The smallest absolute Gasteiger partial charge is 0.331 e. The Hall–Kier alpha value is -1.58. The molecule has 0 radical (unpaired) electrons. The second-order valence-corrected chi connectivity index (χ2v) is 6.37. The van der Waals surface area contributed by atoms with Gasteiger partial charge in [-0.25, -0.2) is 9.18 Å². The van der Waals surface area contributed by atoms with Crippen LogP contribution in [0.1, 0.15) is 39.5 Å². The molecule has 0 bridgehead atoms. The first kappa shape index (κ1) is 14.8. The number of halogens is 1. The Labute approximate surface area is 119 Å². The number of ether oxygens (including phenoxy) is 1. The third-order valence-electron chi connectivity index (χ3n) is 4.06. The van der Waals surface area contributed by atoms with Crippen molar-refractivity contribution in [3.63, 3.8) is 0 Å². The number of rotatable bonds is 3. The molecule has 4 heteroatoms. The van der Waals surface area contributed by atoms with Crippen molar-refractivity contribution in [2.45, 2.75) is 45.1 Å². The number of carbonyl (C=O) groups excluding carboxylic acids is 1. The standard InChI is InChI=1S/C16H22FNO2/c1-15(2)9-6-10-16(11-15,14(19)20-3)18-13-8-5-4-7-12(13)17/h4-5,7-8,18H,6,9-11H2,1-3H3. The van der Waals surface area contributed by atoms with Crippen LogP contribution in [0.2, 0.25) is 0 Å². The van der Waals surface area contributed by atoms with Gasteiger partial charge in [-0.3, -0.25) is 0 Å². The number of benzene rings is 1. The SMILES string of the molecule is COC(=O)C1(Nc2ccccc2F)CCCC(C)(C)C1. The van der Waals surface area contributed by atoms with Gasteiger partial charge in [0.15, 0.2) is 0 Å². The van der Waals surface area contributed by atoms with Gasteiger partial charge in [0.2, 0.25) is 0 Å². The third-order valence-corrected chi connectivity index (χ3v) is 4.06. The molecule has 0 saturated heterocycles. The van der Waals surface area contributed by atoms with Crippen molar-refractivity contribution in [1.29, 1.82) is 0 Å². The first-order valence-electron chi connectivity index (χ1n) is 7.00. The van der Waals surface area contributed by atoms with Crippen molar-refractivity contribution in [1.82, 2.24) is 0 Å². The lowest BCUT2D eigenvalue weighted by Gasteiger charge is -2.43. The van der Waals surface area contributed by atoms with Crippen molar-refractivity contribution >= 4 is 11.7 Å². The molecule has 1 N–H and O–H groups in total. The van der Waals surface area contributed by atoms with Gasteiger partial charge in [0.25, 0.3) is 0 Å². The topological polar surface area (TPSA) is 38.3 Å². The number of hydrogen-bond donors (Lipinski definition) is 1. The van der Waals surface area contributed by atoms with Crippen LogP contribution in [0, 0.1) is 11.2 Å². The van der Waals surface area contributed by atoms with E-state index in [1.807, 2.05) is 0 Å². The molecule has 1 saturated carbocycles. The van der Waals surface area contributed by atoms with E-state index >= 15 is 0 Å². The van der Waals surface area contributed by atoms with Crippen molar-refractivity contribution in [3.8, 4) is 0 Å². The highest BCUT2D eigenvalue weighted by Crippen LogP contribution is 2.43. The van der Waals surface area contributed by atoms with Gasteiger partial charge in [0.1, 0.15) is 11.4 Å². The molecule has 1 aromatic carbocycles. The molecular formula is C16H22FNO2. The molecule has 1 aliphatic carbocycles. The summed E-state index contributed by atoms with van der Waals surface area (Å²) < 4.78 is 18.8. The monoisotopic (exact) mass is 279 g/mol. The van der Waals surface area contributed by atoms with Gasteiger partial charge < -0.3 is 10.1 Å². The number of hydrogen-bond acceptors (Lipinski definition) is 3. The summed E-state index contributed by atoms with van der Waals surface area (Å²) in [5.74, 6) is -0.660. The summed E-state index contributed by atoms with van der Waals surface area (Å²) in [4.78, 5) is 12.3. The predicted octanol–water partition coefficient (Wildman–Crippen LogP) is 3.75. The summed E-state index contributed by atoms with van der Waals surface area (Å²) in [7, 11) is 1.38. The van der Waals surface area contributed by atoms with Gasteiger partial charge in [-0.15, -0.1) is 0 Å². The molecule has 1 aliphatic rings. The Balaban J connectivity index is 2.33. The molecule has 3 nitrogen and oxygen atoms in total. The Bertz CT molecular complexity index is 501. The molecule has 0 amide bonds. The predicted molar refractivity (Wildman–Crippen MR) is 77.0 cm³/mol. The second kappa shape index (κ2) is 5.43. The molecule has 0 spiro atoms. The van der Waals surface area contributed by atoms with E-state index < -0.39 is 5.54 Å². The third kappa shape index (κ3) is 2.94. The van der Waals surface area contributed by atoms with Crippen LogP contribution in [0.5, 0.6) is 0 Å². The summed E-state index contributed by atoms with van der Waals surface area (Å²) in [6.07, 6.45) is 3.28. The lowest BCUT2D eigenvalue weighted by atomic mass is 9.68. The molecule has 0 heterocycles. The molecule has 1 aromatic rings. The maximum absolute atomic E-state index is 13.9. The summed E-state index contributed by atoms with van der Waals surface area (Å²) in [5, 5.41) is 3.12. The number of esters is 1. The quantitative estimate of drug-likeness (QED) is 0.856. The summed E-state index contributed by atoms with van der Waals surface area (Å²) in [6.45, 7) is 4.26. The van der Waals surface area contributed by atoms with Crippen LogP contribution in [0.4, 0.5) is 10.1 Å². The van der Waals surface area contributed by atoms with E-state index in [2.05, 4.69) is 19.2 Å². The van der Waals surface area contributed by atoms with E-state index in [1.54, 1.807) is 18.2 Å². The maximum atomic E-state index is 13.9. The van der Waals surface area contributed by atoms with E-state index in [0.29, 0.717) is 18.5 Å². The fourth-order valence-corrected chi connectivity index (χ4v) is 3.21. The number of nitrogens with one attached hydrogen (secondary N) is 1. The Morgan fingerprint density at radius 2 is 2.00 bits per heavy atom. The van der Waals surface area contributed by atoms with E-state index in [9.17, 15) is 9.18 Å². The maximum Gasteiger partial charge on any atom is 0.331 e. The lowest BCUT2D eigenvalue weighted by Crippen LogP contribution is -2.52. The van der Waals surface area contributed by atoms with E-state index in [1.165, 1.54) is 13.2 Å². The van der Waals surface area contributed by atoms with Crippen molar-refractivity contribution in [2.24, 2.45) is 5.41 Å². The lowest BCUT2D eigenvalue weighted by molar-refractivity contribution is -0.148. The van der Waals surface area contributed by atoms with Crippen LogP contribution in [0.25, 0.3) is 0 Å². The van der Waals surface area contributed by atoms with Crippen LogP contribution in [-0.4, -0.2) is 18.6 Å². The minimum atomic E-state index is -0.835.